The van der Waals surface area contributed by atoms with Crippen LogP contribution >= 0.6 is 0 Å². The molecule has 3 aromatic heterocycles. The highest BCUT2D eigenvalue weighted by Gasteiger charge is 2.22. The first-order valence-corrected chi connectivity index (χ1v) is 10.5. The van der Waals surface area contributed by atoms with E-state index in [9.17, 15) is 4.79 Å². The van der Waals surface area contributed by atoms with E-state index in [4.69, 9.17) is 0 Å². The Labute approximate surface area is 184 Å². The van der Waals surface area contributed by atoms with Crippen LogP contribution in [0.3, 0.4) is 0 Å². The fourth-order valence-electron chi connectivity index (χ4n) is 3.41. The molecule has 1 amide bonds. The quantitative estimate of drug-likeness (QED) is 0.516. The van der Waals surface area contributed by atoms with Crippen LogP contribution in [0.2, 0.25) is 0 Å². The maximum Gasteiger partial charge on any atom is 0.236 e. The highest BCUT2D eigenvalue weighted by molar-refractivity contribution is 5.80. The molecule has 0 radical (unpaired) electrons. The van der Waals surface area contributed by atoms with Gasteiger partial charge in [-0.05, 0) is 43.3 Å². The van der Waals surface area contributed by atoms with Crippen LogP contribution in [-0.2, 0) is 24.4 Å². The first-order chi connectivity index (χ1) is 15.2. The third-order valence-electron chi connectivity index (χ3n) is 5.19. The lowest BCUT2D eigenvalue weighted by atomic mass is 10.2. The number of carbonyl (C=O) groups is 1. The molecule has 3 heterocycles. The third-order valence-corrected chi connectivity index (χ3v) is 5.19. The molecular formula is C24H30N6O. The summed E-state index contributed by atoms with van der Waals surface area (Å²) in [4.78, 5) is 30.2. The minimum Gasteiger partial charge on any atom is -0.358 e. The van der Waals surface area contributed by atoms with Crippen molar-refractivity contribution in [2.75, 3.05) is 20.1 Å². The number of nitrogens with zero attached hydrogens (tertiary/aromatic N) is 5. The Balaban J connectivity index is 1.73. The Morgan fingerprint density at radius 3 is 1.71 bits per heavy atom. The van der Waals surface area contributed by atoms with Gasteiger partial charge < -0.3 is 5.32 Å². The number of rotatable bonds is 11. The summed E-state index contributed by atoms with van der Waals surface area (Å²) in [5, 5.41) is 2.76. The van der Waals surface area contributed by atoms with Crippen LogP contribution in [0.5, 0.6) is 0 Å². The molecule has 0 unspecified atom stereocenters. The predicted molar refractivity (Wildman–Crippen MR) is 121 cm³/mol. The number of aromatic nitrogens is 3. The molecule has 0 aliphatic rings. The highest BCUT2D eigenvalue weighted by atomic mass is 16.2. The van der Waals surface area contributed by atoms with E-state index in [1.165, 1.54) is 0 Å². The molecule has 7 nitrogen and oxygen atoms in total. The van der Waals surface area contributed by atoms with Crippen LogP contribution in [0, 0.1) is 0 Å². The summed E-state index contributed by atoms with van der Waals surface area (Å²) in [6.45, 7) is 5.44. The Morgan fingerprint density at radius 2 is 1.29 bits per heavy atom. The van der Waals surface area contributed by atoms with Gasteiger partial charge in [-0.1, -0.05) is 18.2 Å². The van der Waals surface area contributed by atoms with Gasteiger partial charge in [0.15, 0.2) is 0 Å². The maximum atomic E-state index is 12.4. The monoisotopic (exact) mass is 418 g/mol. The topological polar surface area (TPSA) is 74.2 Å². The van der Waals surface area contributed by atoms with Crippen LogP contribution in [0.1, 0.15) is 24.0 Å². The molecule has 1 atom stereocenters. The second kappa shape index (κ2) is 11.9. The largest absolute Gasteiger partial charge is 0.358 e. The van der Waals surface area contributed by atoms with Gasteiger partial charge in [0, 0.05) is 58.4 Å². The van der Waals surface area contributed by atoms with Crippen LogP contribution in [-0.4, -0.2) is 56.8 Å². The zero-order chi connectivity index (χ0) is 21.9. The van der Waals surface area contributed by atoms with Crippen molar-refractivity contribution in [3.05, 3.63) is 90.3 Å². The summed E-state index contributed by atoms with van der Waals surface area (Å²) in [6, 6.07) is 17.5. The first kappa shape index (κ1) is 22.5. The highest BCUT2D eigenvalue weighted by Crippen LogP contribution is 2.11. The van der Waals surface area contributed by atoms with Crippen molar-refractivity contribution >= 4 is 5.91 Å². The van der Waals surface area contributed by atoms with E-state index in [1.54, 1.807) is 13.2 Å². The molecule has 0 aliphatic heterocycles. The van der Waals surface area contributed by atoms with Crippen LogP contribution in [0.15, 0.2) is 73.2 Å². The van der Waals surface area contributed by atoms with Gasteiger partial charge in [0.1, 0.15) is 0 Å². The maximum absolute atomic E-state index is 12.4. The van der Waals surface area contributed by atoms with Crippen molar-refractivity contribution in [2.45, 2.75) is 32.6 Å². The smallest absolute Gasteiger partial charge is 0.236 e. The van der Waals surface area contributed by atoms with Gasteiger partial charge in [0.25, 0.3) is 0 Å². The summed E-state index contributed by atoms with van der Waals surface area (Å²) in [7, 11) is 1.67. The summed E-state index contributed by atoms with van der Waals surface area (Å²) in [5.74, 6) is -0.00284. The zero-order valence-electron chi connectivity index (χ0n) is 18.2. The molecule has 3 aromatic rings. The van der Waals surface area contributed by atoms with Crippen LogP contribution in [0.25, 0.3) is 0 Å². The second-order valence-corrected chi connectivity index (χ2v) is 7.43. The normalized spacial score (nSPS) is 12.1. The summed E-state index contributed by atoms with van der Waals surface area (Å²) in [5.41, 5.74) is 2.96. The molecule has 31 heavy (non-hydrogen) atoms. The molecule has 7 heteroatoms. The van der Waals surface area contributed by atoms with Crippen molar-refractivity contribution in [1.82, 2.24) is 30.1 Å². The van der Waals surface area contributed by atoms with Crippen molar-refractivity contribution in [2.24, 2.45) is 0 Å². The zero-order valence-corrected chi connectivity index (χ0v) is 18.2. The summed E-state index contributed by atoms with van der Waals surface area (Å²) in [6.07, 6.45) is 5.41. The van der Waals surface area contributed by atoms with Gasteiger partial charge in [-0.2, -0.15) is 0 Å². The van der Waals surface area contributed by atoms with E-state index < -0.39 is 0 Å². The van der Waals surface area contributed by atoms with E-state index >= 15 is 0 Å². The van der Waals surface area contributed by atoms with Gasteiger partial charge in [0.05, 0.1) is 23.1 Å². The van der Waals surface area contributed by atoms with E-state index in [2.05, 4.69) is 30.1 Å². The van der Waals surface area contributed by atoms with Crippen LogP contribution in [0.4, 0.5) is 0 Å². The molecule has 3 rings (SSSR count). The lowest BCUT2D eigenvalue weighted by Gasteiger charge is -2.30. The second-order valence-electron chi connectivity index (χ2n) is 7.43. The van der Waals surface area contributed by atoms with E-state index in [0.717, 1.165) is 23.6 Å². The van der Waals surface area contributed by atoms with E-state index in [0.29, 0.717) is 26.2 Å². The van der Waals surface area contributed by atoms with Crippen molar-refractivity contribution in [3.8, 4) is 0 Å². The Hall–Kier alpha value is -3.16. The third kappa shape index (κ3) is 7.24. The van der Waals surface area contributed by atoms with Crippen molar-refractivity contribution in [3.63, 3.8) is 0 Å². The Morgan fingerprint density at radius 1 is 0.806 bits per heavy atom. The number of hydrogen-bond donors (Lipinski definition) is 1. The number of pyridine rings is 3. The minimum absolute atomic E-state index is 0.00284. The summed E-state index contributed by atoms with van der Waals surface area (Å²) < 4.78 is 0. The Kier molecular flexibility index (Phi) is 8.63. The van der Waals surface area contributed by atoms with Gasteiger partial charge in [-0.15, -0.1) is 0 Å². The number of hydrogen-bond acceptors (Lipinski definition) is 6. The molecule has 0 saturated carbocycles. The molecule has 0 saturated heterocycles. The van der Waals surface area contributed by atoms with Gasteiger partial charge in [-0.25, -0.2) is 0 Å². The minimum atomic E-state index is -0.265. The van der Waals surface area contributed by atoms with Gasteiger partial charge in [-0.3, -0.25) is 29.5 Å². The van der Waals surface area contributed by atoms with E-state index in [-0.39, 0.29) is 11.9 Å². The average molecular weight is 419 g/mol. The fourth-order valence-corrected chi connectivity index (χ4v) is 3.41. The molecule has 0 aromatic carbocycles. The SMILES string of the molecule is CNC(=O)[C@H](C)N(CCN(Cc1ccccn1)Cc1ccccn1)Cc1ccccn1. The number of carbonyl (C=O) groups excluding carboxylic acids is 1. The van der Waals surface area contributed by atoms with Crippen molar-refractivity contribution < 1.29 is 4.79 Å². The van der Waals surface area contributed by atoms with E-state index in [1.807, 2.05) is 73.9 Å². The molecule has 0 spiro atoms. The predicted octanol–water partition coefficient (Wildman–Crippen LogP) is 2.51. The lowest BCUT2D eigenvalue weighted by molar-refractivity contribution is -0.125. The van der Waals surface area contributed by atoms with Crippen LogP contribution < -0.4 is 5.32 Å². The fraction of sp³-hybridized carbons (Fsp3) is 0.333. The number of nitrogens with one attached hydrogen (secondary N) is 1. The van der Waals surface area contributed by atoms with Gasteiger partial charge >= 0.3 is 0 Å². The first-order valence-electron chi connectivity index (χ1n) is 10.5. The average Bonchev–Trinajstić information content (AvgIpc) is 2.82. The molecule has 0 aliphatic carbocycles. The standard InChI is InChI=1S/C24H30N6O/c1-20(24(31)25-2)30(19-23-11-5-8-14-28-23)16-15-29(17-21-9-3-6-12-26-21)18-22-10-4-7-13-27-22/h3-14,20H,15-19H2,1-2H3,(H,25,31)/t20-/m0/s1. The molecule has 162 valence electrons. The number of likely N-dealkylation sites (N-methyl/N-ethyl adjacent to an activating group) is 1. The lowest BCUT2D eigenvalue weighted by Crippen LogP contribution is -2.46. The molecule has 1 N–H and O–H groups in total. The summed E-state index contributed by atoms with van der Waals surface area (Å²) >= 11 is 0. The molecule has 0 fully saturated rings. The van der Waals surface area contributed by atoms with Gasteiger partial charge in [0.2, 0.25) is 5.91 Å². The van der Waals surface area contributed by atoms with Crippen molar-refractivity contribution in [1.29, 1.82) is 0 Å². The molecule has 0 bridgehead atoms. The number of amides is 1. The molecular weight excluding hydrogens is 388 g/mol. The Bertz CT molecular complexity index is 866.